The van der Waals surface area contributed by atoms with Gasteiger partial charge in [-0.05, 0) is 62.4 Å². The normalized spacial score (nSPS) is 21.7. The van der Waals surface area contributed by atoms with Crippen molar-refractivity contribution < 1.29 is 18.7 Å². The fraction of sp³-hybridized carbons (Fsp3) is 0.474. The smallest absolute Gasteiger partial charge is 0.213 e. The lowest BCUT2D eigenvalue weighted by Crippen LogP contribution is -2.48. The zero-order valence-corrected chi connectivity index (χ0v) is 29.5. The van der Waals surface area contributed by atoms with Gasteiger partial charge in [0.15, 0.2) is 17.0 Å². The Balaban J connectivity index is 1.17. The van der Waals surface area contributed by atoms with Crippen LogP contribution in [0, 0.1) is 11.2 Å². The van der Waals surface area contributed by atoms with Crippen molar-refractivity contribution in [3.8, 4) is 11.6 Å². The molecule has 4 aliphatic rings. The summed E-state index contributed by atoms with van der Waals surface area (Å²) in [7, 11) is 3.16. The zero-order chi connectivity index (χ0) is 35.3. The van der Waals surface area contributed by atoms with Gasteiger partial charge in [0, 0.05) is 68.2 Å². The molecule has 4 aromatic rings. The van der Waals surface area contributed by atoms with Gasteiger partial charge < -0.3 is 34.4 Å². The van der Waals surface area contributed by atoms with Gasteiger partial charge in [0.25, 0.3) is 0 Å². The molecule has 6 heterocycles. The quantitative estimate of drug-likeness (QED) is 0.236. The van der Waals surface area contributed by atoms with E-state index in [1.54, 1.807) is 20.4 Å². The van der Waals surface area contributed by atoms with E-state index in [0.717, 1.165) is 62.2 Å². The largest absolute Gasteiger partial charge is 0.487 e. The molecule has 1 unspecified atom stereocenters. The number of nitrogens with zero attached hydrogens (tertiary/aromatic N) is 7. The van der Waals surface area contributed by atoms with Crippen molar-refractivity contribution in [1.29, 1.82) is 0 Å². The Morgan fingerprint density at radius 3 is 2.75 bits per heavy atom. The second kappa shape index (κ2) is 13.3. The molecule has 2 atom stereocenters. The van der Waals surface area contributed by atoms with E-state index < -0.39 is 5.82 Å². The number of nitrogen functional groups attached to an aromatic ring is 1. The van der Waals surface area contributed by atoms with Crippen LogP contribution in [-0.4, -0.2) is 78.2 Å². The summed E-state index contributed by atoms with van der Waals surface area (Å²) in [5.41, 5.74) is 10.3. The lowest BCUT2D eigenvalue weighted by Gasteiger charge is -2.40. The number of halogens is 1. The molecule has 0 amide bonds. The van der Waals surface area contributed by atoms with Gasteiger partial charge in [-0.1, -0.05) is 11.6 Å². The van der Waals surface area contributed by atoms with Crippen LogP contribution >= 0.6 is 0 Å². The summed E-state index contributed by atoms with van der Waals surface area (Å²) >= 11 is 0. The topological polar surface area (TPSA) is 124 Å². The van der Waals surface area contributed by atoms with Gasteiger partial charge in [-0.3, -0.25) is 9.69 Å². The lowest BCUT2D eigenvalue weighted by atomic mass is 9.67. The highest BCUT2D eigenvalue weighted by Crippen LogP contribution is 2.50. The summed E-state index contributed by atoms with van der Waals surface area (Å²) in [6.45, 7) is 6.17. The van der Waals surface area contributed by atoms with Gasteiger partial charge in [0.1, 0.15) is 25.2 Å². The van der Waals surface area contributed by atoms with E-state index in [1.165, 1.54) is 6.07 Å². The number of rotatable bonds is 9. The maximum absolute atomic E-state index is 16.4. The van der Waals surface area contributed by atoms with Gasteiger partial charge in [0.05, 0.1) is 48.2 Å². The van der Waals surface area contributed by atoms with E-state index in [1.807, 2.05) is 41.6 Å². The molecule has 13 heteroatoms. The van der Waals surface area contributed by atoms with Crippen LogP contribution in [0.3, 0.4) is 0 Å². The van der Waals surface area contributed by atoms with Gasteiger partial charge in [-0.25, -0.2) is 14.4 Å². The van der Waals surface area contributed by atoms with Crippen LogP contribution < -0.4 is 30.4 Å². The third-order valence-corrected chi connectivity index (χ3v) is 11.3. The number of ether oxygens (including phenoxy) is 2. The minimum atomic E-state index is -0.457. The standard InChI is InChI=1S/C38H45FN8O4/c1-24-22-51-37-34-29(15-30(39)35(37)46-21-31(43-50-3)38(23-46)10-5-11-38)36(48)26(19-47(24)34)18-45(17-25-9-12-41-33(14-25)49-2)28-6-4-13-44(20-28)27-7-8-32(40)42-16-27/h7-9,12,14-16,19,24,28H,4-6,10-11,13,17-18,20-23H2,1-3H3,(H2,40,42)/b43-31+/t24?,28-/m0/s1. The predicted molar refractivity (Wildman–Crippen MR) is 195 cm³/mol. The molecule has 3 aromatic heterocycles. The molecule has 2 N–H and O–H groups in total. The van der Waals surface area contributed by atoms with E-state index in [4.69, 9.17) is 20.0 Å². The SMILES string of the molecule is CO/N=C1\CN(c2c(F)cc3c(=O)c(CN(Cc4ccnc(OC)c4)[C@H]4CCCN(c5ccc(N)nc5)C4)cn4c3c2OCC4C)CC12CCC2. The summed E-state index contributed by atoms with van der Waals surface area (Å²) < 4.78 is 30.3. The summed E-state index contributed by atoms with van der Waals surface area (Å²) in [5, 5.41) is 4.69. The van der Waals surface area contributed by atoms with Gasteiger partial charge in [-0.2, -0.15) is 0 Å². The van der Waals surface area contributed by atoms with Gasteiger partial charge >= 0.3 is 0 Å². The van der Waals surface area contributed by atoms with E-state index >= 15 is 4.39 Å². The fourth-order valence-electron chi connectivity index (χ4n) is 8.48. The molecular weight excluding hydrogens is 651 g/mol. The van der Waals surface area contributed by atoms with Crippen molar-refractivity contribution >= 4 is 33.8 Å². The Hall–Kier alpha value is -4.91. The second-order valence-electron chi connectivity index (χ2n) is 14.5. The number of hydrogen-bond acceptors (Lipinski definition) is 11. The summed E-state index contributed by atoms with van der Waals surface area (Å²) in [5.74, 6) is 0.998. The second-order valence-corrected chi connectivity index (χ2v) is 14.5. The van der Waals surface area contributed by atoms with Crippen molar-refractivity contribution in [3.05, 3.63) is 76.1 Å². The van der Waals surface area contributed by atoms with Crippen LogP contribution in [0.5, 0.6) is 11.6 Å². The van der Waals surface area contributed by atoms with Gasteiger partial charge in [0.2, 0.25) is 5.88 Å². The number of anilines is 3. The van der Waals surface area contributed by atoms with E-state index in [-0.39, 0.29) is 22.9 Å². The van der Waals surface area contributed by atoms with Crippen molar-refractivity contribution in [3.63, 3.8) is 0 Å². The number of aromatic nitrogens is 3. The molecule has 1 aliphatic carbocycles. The molecule has 1 spiro atoms. The highest BCUT2D eigenvalue weighted by atomic mass is 19.1. The Kier molecular flexibility index (Phi) is 8.69. The highest BCUT2D eigenvalue weighted by molar-refractivity contribution is 6.00. The molecule has 3 fully saturated rings. The Bertz CT molecular complexity index is 2030. The van der Waals surface area contributed by atoms with Crippen LogP contribution in [0.2, 0.25) is 0 Å². The number of nitrogens with two attached hydrogens (primary N) is 1. The van der Waals surface area contributed by atoms with E-state index in [2.05, 4.69) is 36.4 Å². The molecule has 51 heavy (non-hydrogen) atoms. The highest BCUT2D eigenvalue weighted by Gasteiger charge is 2.50. The molecule has 268 valence electrons. The minimum Gasteiger partial charge on any atom is -0.487 e. The number of piperidine rings is 1. The molecule has 3 aliphatic heterocycles. The molecular formula is C38H45FN8O4. The monoisotopic (exact) mass is 696 g/mol. The van der Waals surface area contributed by atoms with Crippen LogP contribution in [0.1, 0.15) is 56.2 Å². The van der Waals surface area contributed by atoms with Crippen molar-refractivity contribution in [1.82, 2.24) is 19.4 Å². The number of hydrogen-bond donors (Lipinski definition) is 1. The first kappa shape index (κ1) is 33.2. The molecule has 1 saturated carbocycles. The van der Waals surface area contributed by atoms with Crippen LogP contribution in [-0.2, 0) is 17.9 Å². The molecule has 1 aromatic carbocycles. The Morgan fingerprint density at radius 2 is 2.00 bits per heavy atom. The minimum absolute atomic E-state index is 0.0547. The van der Waals surface area contributed by atoms with Crippen LogP contribution in [0.4, 0.5) is 21.6 Å². The number of pyridine rings is 3. The first-order valence-corrected chi connectivity index (χ1v) is 17.8. The molecule has 8 rings (SSSR count). The van der Waals surface area contributed by atoms with Crippen LogP contribution in [0.25, 0.3) is 10.9 Å². The van der Waals surface area contributed by atoms with Crippen molar-refractivity contribution in [2.45, 2.75) is 64.2 Å². The Labute approximate surface area is 296 Å². The van der Waals surface area contributed by atoms with E-state index in [0.29, 0.717) is 72.4 Å². The van der Waals surface area contributed by atoms with Gasteiger partial charge in [-0.15, -0.1) is 0 Å². The first-order valence-electron chi connectivity index (χ1n) is 17.8. The maximum Gasteiger partial charge on any atom is 0.213 e. The average Bonchev–Trinajstić information content (AvgIpc) is 3.51. The molecule has 2 saturated heterocycles. The molecule has 0 radical (unpaired) electrons. The molecule has 0 bridgehead atoms. The number of methoxy groups -OCH3 is 1. The number of benzene rings is 1. The molecule has 12 nitrogen and oxygen atoms in total. The maximum atomic E-state index is 16.4. The van der Waals surface area contributed by atoms with Crippen molar-refractivity contribution in [2.24, 2.45) is 10.6 Å². The van der Waals surface area contributed by atoms with E-state index in [9.17, 15) is 4.79 Å². The Morgan fingerprint density at radius 1 is 1.14 bits per heavy atom. The third-order valence-electron chi connectivity index (χ3n) is 11.3. The summed E-state index contributed by atoms with van der Waals surface area (Å²) in [4.78, 5) is 35.0. The van der Waals surface area contributed by atoms with Crippen molar-refractivity contribution in [2.75, 3.05) is 62.5 Å². The predicted octanol–water partition coefficient (Wildman–Crippen LogP) is 5.14. The summed E-state index contributed by atoms with van der Waals surface area (Å²) in [6.07, 6.45) is 10.6. The summed E-state index contributed by atoms with van der Waals surface area (Å²) in [6, 6.07) is 9.24. The zero-order valence-electron chi connectivity index (χ0n) is 29.5. The average molecular weight is 697 g/mol. The third kappa shape index (κ3) is 6.00. The lowest BCUT2D eigenvalue weighted by molar-refractivity contribution is 0.157. The first-order chi connectivity index (χ1) is 24.8. The number of oxime groups is 1. The fourth-order valence-corrected chi connectivity index (χ4v) is 8.48. The van der Waals surface area contributed by atoms with Crippen LogP contribution in [0.15, 0.2) is 58.9 Å².